The van der Waals surface area contributed by atoms with Crippen molar-refractivity contribution in [3.8, 4) is 0 Å². The predicted molar refractivity (Wildman–Crippen MR) is 95.0 cm³/mol. The third kappa shape index (κ3) is 4.03. The molecule has 0 saturated carbocycles. The molecule has 1 aliphatic heterocycles. The van der Waals surface area contributed by atoms with Crippen LogP contribution in [0, 0.1) is 12.8 Å². The number of rotatable bonds is 4. The fourth-order valence-electron chi connectivity index (χ4n) is 2.93. The quantitative estimate of drug-likeness (QED) is 0.926. The highest BCUT2D eigenvalue weighted by molar-refractivity contribution is 6.31. The number of halogens is 1. The molecule has 3 rings (SSSR count). The Hall–Kier alpha value is -2.14. The van der Waals surface area contributed by atoms with Gasteiger partial charge in [0.2, 0.25) is 11.9 Å². The Bertz CT molecular complexity index is 722. The summed E-state index contributed by atoms with van der Waals surface area (Å²) in [5, 5.41) is 3.68. The molecule has 0 spiro atoms. The van der Waals surface area contributed by atoms with E-state index < -0.39 is 0 Å². The first-order chi connectivity index (χ1) is 11.6. The van der Waals surface area contributed by atoms with Gasteiger partial charge in [-0.05, 0) is 37.5 Å². The van der Waals surface area contributed by atoms with E-state index in [9.17, 15) is 4.79 Å². The number of nitrogens with zero attached hydrogens (tertiary/aromatic N) is 3. The molecule has 1 N–H and O–H groups in total. The van der Waals surface area contributed by atoms with Crippen LogP contribution in [0.4, 0.5) is 5.95 Å². The first-order valence-corrected chi connectivity index (χ1v) is 8.57. The van der Waals surface area contributed by atoms with Crippen LogP contribution in [-0.2, 0) is 11.3 Å². The molecule has 1 fully saturated rings. The molecule has 2 heterocycles. The fraction of sp³-hybridized carbons (Fsp3) is 0.389. The molecule has 0 bridgehead atoms. The van der Waals surface area contributed by atoms with E-state index in [1.165, 1.54) is 0 Å². The van der Waals surface area contributed by atoms with E-state index in [1.807, 2.05) is 37.3 Å². The lowest BCUT2D eigenvalue weighted by molar-refractivity contribution is -0.125. The molecule has 1 saturated heterocycles. The monoisotopic (exact) mass is 344 g/mol. The average Bonchev–Trinajstić information content (AvgIpc) is 2.61. The number of nitrogens with one attached hydrogen (secondary N) is 1. The first-order valence-electron chi connectivity index (χ1n) is 8.19. The summed E-state index contributed by atoms with van der Waals surface area (Å²) in [4.78, 5) is 23.4. The number of hydrogen-bond donors (Lipinski definition) is 1. The maximum atomic E-state index is 12.5. The number of carbonyl (C=O) groups is 1. The molecule has 2 aromatic rings. The highest BCUT2D eigenvalue weighted by atomic mass is 35.5. The lowest BCUT2D eigenvalue weighted by atomic mass is 9.97. The van der Waals surface area contributed by atoms with Gasteiger partial charge in [0.05, 0.1) is 5.92 Å². The number of hydrogen-bond acceptors (Lipinski definition) is 4. The standard InChI is InChI=1S/C18H21ClN4O/c1-13-8-9-20-18(22-13)23-10-4-6-15(12-23)17(24)21-11-14-5-2-3-7-16(14)19/h2-3,5,7-9,15H,4,6,10-12H2,1H3,(H,21,24). The molecular weight excluding hydrogens is 324 g/mol. The van der Waals surface area contributed by atoms with Crippen molar-refractivity contribution in [3.05, 3.63) is 52.8 Å². The lowest BCUT2D eigenvalue weighted by Crippen LogP contribution is -2.43. The summed E-state index contributed by atoms with van der Waals surface area (Å²) in [6, 6.07) is 9.44. The Balaban J connectivity index is 1.60. The topological polar surface area (TPSA) is 58.1 Å². The van der Waals surface area contributed by atoms with Gasteiger partial charge in [-0.2, -0.15) is 0 Å². The van der Waals surface area contributed by atoms with Crippen molar-refractivity contribution in [2.24, 2.45) is 5.92 Å². The molecule has 5 nitrogen and oxygen atoms in total. The fourth-order valence-corrected chi connectivity index (χ4v) is 3.13. The van der Waals surface area contributed by atoms with E-state index in [-0.39, 0.29) is 11.8 Å². The van der Waals surface area contributed by atoms with Crippen molar-refractivity contribution in [3.63, 3.8) is 0 Å². The number of piperidine rings is 1. The zero-order valence-corrected chi connectivity index (χ0v) is 14.5. The smallest absolute Gasteiger partial charge is 0.225 e. The molecule has 126 valence electrons. The van der Waals surface area contributed by atoms with Crippen LogP contribution in [0.2, 0.25) is 5.02 Å². The van der Waals surface area contributed by atoms with Gasteiger partial charge in [0.25, 0.3) is 0 Å². The molecule has 1 aliphatic rings. The lowest BCUT2D eigenvalue weighted by Gasteiger charge is -2.32. The molecule has 24 heavy (non-hydrogen) atoms. The van der Waals surface area contributed by atoms with E-state index in [2.05, 4.69) is 20.2 Å². The van der Waals surface area contributed by atoms with Crippen molar-refractivity contribution in [2.45, 2.75) is 26.3 Å². The number of amides is 1. The molecule has 0 aliphatic carbocycles. The molecule has 1 atom stereocenters. The van der Waals surface area contributed by atoms with Gasteiger partial charge in [0.15, 0.2) is 0 Å². The zero-order chi connectivity index (χ0) is 16.9. The molecule has 1 aromatic carbocycles. The summed E-state index contributed by atoms with van der Waals surface area (Å²) in [6.07, 6.45) is 3.61. The molecule has 1 aromatic heterocycles. The Labute approximate surface area is 147 Å². The molecule has 0 radical (unpaired) electrons. The summed E-state index contributed by atoms with van der Waals surface area (Å²) in [5.74, 6) is 0.719. The van der Waals surface area contributed by atoms with E-state index in [1.54, 1.807) is 6.20 Å². The van der Waals surface area contributed by atoms with E-state index in [0.29, 0.717) is 24.1 Å². The van der Waals surface area contributed by atoms with Crippen LogP contribution in [0.15, 0.2) is 36.5 Å². The Morgan fingerprint density at radius 1 is 1.38 bits per heavy atom. The summed E-state index contributed by atoms with van der Waals surface area (Å²) >= 11 is 6.14. The third-order valence-electron chi connectivity index (χ3n) is 4.27. The van der Waals surface area contributed by atoms with Gasteiger partial charge < -0.3 is 10.2 Å². The van der Waals surface area contributed by atoms with Crippen molar-refractivity contribution in [1.29, 1.82) is 0 Å². The number of anilines is 1. The van der Waals surface area contributed by atoms with Gasteiger partial charge in [-0.25, -0.2) is 9.97 Å². The highest BCUT2D eigenvalue weighted by Gasteiger charge is 2.27. The zero-order valence-electron chi connectivity index (χ0n) is 13.7. The normalized spacial score (nSPS) is 17.6. The number of aryl methyl sites for hydroxylation is 1. The largest absolute Gasteiger partial charge is 0.352 e. The minimum atomic E-state index is -0.0506. The van der Waals surface area contributed by atoms with Crippen LogP contribution >= 0.6 is 11.6 Å². The maximum absolute atomic E-state index is 12.5. The minimum absolute atomic E-state index is 0.0506. The summed E-state index contributed by atoms with van der Waals surface area (Å²) in [6.45, 7) is 3.94. The molecule has 1 amide bonds. The van der Waals surface area contributed by atoms with Gasteiger partial charge in [-0.1, -0.05) is 29.8 Å². The van der Waals surface area contributed by atoms with E-state index >= 15 is 0 Å². The molecule has 6 heteroatoms. The van der Waals surface area contributed by atoms with Crippen LogP contribution in [0.1, 0.15) is 24.1 Å². The van der Waals surface area contributed by atoms with Crippen molar-refractivity contribution in [1.82, 2.24) is 15.3 Å². The van der Waals surface area contributed by atoms with Crippen LogP contribution in [0.3, 0.4) is 0 Å². The van der Waals surface area contributed by atoms with Gasteiger partial charge >= 0.3 is 0 Å². The second-order valence-electron chi connectivity index (χ2n) is 6.09. The van der Waals surface area contributed by atoms with Gasteiger partial charge in [0, 0.05) is 36.5 Å². The number of carbonyl (C=O) groups excluding carboxylic acids is 1. The third-order valence-corrected chi connectivity index (χ3v) is 4.64. The van der Waals surface area contributed by atoms with Gasteiger partial charge in [-0.3, -0.25) is 4.79 Å². The second kappa shape index (κ2) is 7.62. The second-order valence-corrected chi connectivity index (χ2v) is 6.50. The summed E-state index contributed by atoms with van der Waals surface area (Å²) in [7, 11) is 0. The summed E-state index contributed by atoms with van der Waals surface area (Å²) < 4.78 is 0. The first kappa shape index (κ1) is 16.7. The molecular formula is C18H21ClN4O. The Kier molecular flexibility index (Phi) is 5.30. The van der Waals surface area contributed by atoms with Crippen LogP contribution in [0.25, 0.3) is 0 Å². The number of aromatic nitrogens is 2. The summed E-state index contributed by atoms with van der Waals surface area (Å²) in [5.41, 5.74) is 1.87. The van der Waals surface area contributed by atoms with Gasteiger partial charge in [0.1, 0.15) is 0 Å². The van der Waals surface area contributed by atoms with Gasteiger partial charge in [-0.15, -0.1) is 0 Å². The van der Waals surface area contributed by atoms with Crippen LogP contribution < -0.4 is 10.2 Å². The van der Waals surface area contributed by atoms with Crippen molar-refractivity contribution in [2.75, 3.05) is 18.0 Å². The Morgan fingerprint density at radius 2 is 2.21 bits per heavy atom. The minimum Gasteiger partial charge on any atom is -0.352 e. The highest BCUT2D eigenvalue weighted by Crippen LogP contribution is 2.21. The van der Waals surface area contributed by atoms with E-state index in [0.717, 1.165) is 30.6 Å². The van der Waals surface area contributed by atoms with Crippen LogP contribution in [0.5, 0.6) is 0 Å². The maximum Gasteiger partial charge on any atom is 0.225 e. The average molecular weight is 345 g/mol. The number of benzene rings is 1. The SMILES string of the molecule is Cc1ccnc(N2CCCC(C(=O)NCc3ccccc3Cl)C2)n1. The molecule has 1 unspecified atom stereocenters. The predicted octanol–water partition coefficient (Wildman–Crippen LogP) is 2.97. The Morgan fingerprint density at radius 3 is 3.00 bits per heavy atom. The van der Waals surface area contributed by atoms with Crippen molar-refractivity contribution < 1.29 is 4.79 Å². The van der Waals surface area contributed by atoms with Crippen molar-refractivity contribution >= 4 is 23.5 Å². The van der Waals surface area contributed by atoms with E-state index in [4.69, 9.17) is 11.6 Å². The van der Waals surface area contributed by atoms with Crippen LogP contribution in [-0.4, -0.2) is 29.0 Å².